The van der Waals surface area contributed by atoms with E-state index in [1.807, 2.05) is 0 Å². The van der Waals surface area contributed by atoms with Gasteiger partial charge in [-0.25, -0.2) is 4.79 Å². The molecule has 304 valence electrons. The first-order valence-corrected chi connectivity index (χ1v) is 26.9. The van der Waals surface area contributed by atoms with Gasteiger partial charge in [0.1, 0.15) is 5.66 Å². The Labute approximate surface area is 329 Å². The van der Waals surface area contributed by atoms with Crippen LogP contribution in [0.3, 0.4) is 0 Å². The number of rotatable bonds is 23. The minimum atomic E-state index is -2.23. The van der Waals surface area contributed by atoms with E-state index in [9.17, 15) is 4.79 Å². The highest BCUT2D eigenvalue weighted by Gasteiger charge is 2.78. The molecular weight excluding hydrogens is 689 g/mol. The lowest BCUT2D eigenvalue weighted by molar-refractivity contribution is -0.237. The molecule has 6 nitrogen and oxygen atoms in total. The smallest absolute Gasteiger partial charge is 0.411 e. The number of allylic oxidation sites excluding steroid dienone is 3. The fourth-order valence-corrected chi connectivity index (χ4v) is 18.4. The Morgan fingerprint density at radius 1 is 0.849 bits per heavy atom. The molecule has 4 bridgehead atoms. The lowest BCUT2D eigenvalue weighted by Crippen LogP contribution is -2.81. The number of piperidine rings is 2. The normalized spacial score (nSPS) is 31.4. The second kappa shape index (κ2) is 17.9. The molecule has 8 heteroatoms. The number of hydrogen-bond donors (Lipinski definition) is 0. The monoisotopic (exact) mass is 771 g/mol. The summed E-state index contributed by atoms with van der Waals surface area (Å²) in [6, 6.07) is 0.351. The average Bonchev–Trinajstić information content (AvgIpc) is 3.51. The second-order valence-corrected chi connectivity index (χ2v) is 30.1. The van der Waals surface area contributed by atoms with Crippen molar-refractivity contribution in [3.8, 4) is 0 Å². The van der Waals surface area contributed by atoms with Gasteiger partial charge in [0.15, 0.2) is 22.7 Å². The Morgan fingerprint density at radius 2 is 1.45 bits per heavy atom. The van der Waals surface area contributed by atoms with Crippen LogP contribution in [-0.4, -0.2) is 75.6 Å². The summed E-state index contributed by atoms with van der Waals surface area (Å²) >= 11 is 0. The Bertz CT molecular complexity index is 1220. The molecule has 0 radical (unpaired) electrons. The molecule has 4 saturated heterocycles. The van der Waals surface area contributed by atoms with Gasteiger partial charge in [0.2, 0.25) is 0 Å². The number of amides is 1. The van der Waals surface area contributed by atoms with Crippen molar-refractivity contribution in [3.63, 3.8) is 0 Å². The molecular formula is C45H82N2O4Si2. The SMILES string of the molecule is C=CCCCCCC1CC[C@H]2[C@H]3CN4C(=O)O[C@H](CO[Si](C)(C)C(C)(C)C)[C@]24N1[C@@](CCCC=C)(CO[Si](C(C)C)(C(C)C)C(C)C)C3CCCC=C. The van der Waals surface area contributed by atoms with Crippen LogP contribution < -0.4 is 0 Å². The topological polar surface area (TPSA) is 51.2 Å². The zero-order valence-corrected chi connectivity index (χ0v) is 38.3. The highest BCUT2D eigenvalue weighted by Crippen LogP contribution is 2.66. The van der Waals surface area contributed by atoms with Gasteiger partial charge in [0.05, 0.1) is 13.2 Å². The summed E-state index contributed by atoms with van der Waals surface area (Å²) in [6.45, 7) is 40.4. The van der Waals surface area contributed by atoms with Gasteiger partial charge in [-0.05, 0) is 117 Å². The maximum absolute atomic E-state index is 14.4. The third kappa shape index (κ3) is 8.16. The van der Waals surface area contributed by atoms with Gasteiger partial charge in [-0.2, -0.15) is 0 Å². The number of unbranched alkanes of at least 4 members (excludes halogenated alkanes) is 5. The van der Waals surface area contributed by atoms with Crippen LogP contribution in [0.15, 0.2) is 38.0 Å². The third-order valence-electron chi connectivity index (χ3n) is 15.1. The van der Waals surface area contributed by atoms with Crippen molar-refractivity contribution in [2.45, 2.75) is 204 Å². The zero-order chi connectivity index (χ0) is 39.4. The quantitative estimate of drug-likeness (QED) is 0.0588. The molecule has 0 aromatic heterocycles. The van der Waals surface area contributed by atoms with Gasteiger partial charge < -0.3 is 13.6 Å². The minimum absolute atomic E-state index is 0.0684. The molecule has 4 aliphatic rings. The number of nitrogens with zero attached hydrogens (tertiary/aromatic N) is 2. The van der Waals surface area contributed by atoms with Gasteiger partial charge >= 0.3 is 6.09 Å². The number of hydrogen-bond acceptors (Lipinski definition) is 5. The fourth-order valence-electron chi connectivity index (χ4n) is 11.9. The third-order valence-corrected chi connectivity index (χ3v) is 25.7. The molecule has 53 heavy (non-hydrogen) atoms. The molecule has 4 rings (SSSR count). The summed E-state index contributed by atoms with van der Waals surface area (Å²) in [5.74, 6) is 1.20. The van der Waals surface area contributed by atoms with Gasteiger partial charge in [-0.15, -0.1) is 19.7 Å². The summed E-state index contributed by atoms with van der Waals surface area (Å²) in [4.78, 5) is 19.6. The van der Waals surface area contributed by atoms with Crippen LogP contribution in [0, 0.1) is 17.8 Å². The van der Waals surface area contributed by atoms with Gasteiger partial charge in [-0.3, -0.25) is 9.80 Å². The first kappa shape index (κ1) is 44.5. The van der Waals surface area contributed by atoms with E-state index < -0.39 is 22.3 Å². The lowest BCUT2D eigenvalue weighted by Gasteiger charge is -2.68. The van der Waals surface area contributed by atoms with E-state index in [-0.39, 0.29) is 22.8 Å². The van der Waals surface area contributed by atoms with Crippen molar-refractivity contribution < 1.29 is 18.4 Å². The molecule has 0 aromatic rings. The Kier molecular flexibility index (Phi) is 15.1. The van der Waals surface area contributed by atoms with Crippen molar-refractivity contribution in [3.05, 3.63) is 38.0 Å². The predicted octanol–water partition coefficient (Wildman–Crippen LogP) is 12.6. The van der Waals surface area contributed by atoms with E-state index >= 15 is 0 Å². The van der Waals surface area contributed by atoms with Gasteiger partial charge in [0, 0.05) is 24.0 Å². The minimum Gasteiger partial charge on any atom is -0.440 e. The van der Waals surface area contributed by atoms with Gasteiger partial charge in [-0.1, -0.05) is 93.4 Å². The van der Waals surface area contributed by atoms with Crippen molar-refractivity contribution in [1.29, 1.82) is 0 Å². The predicted molar refractivity (Wildman–Crippen MR) is 229 cm³/mol. The molecule has 0 N–H and O–H groups in total. The fraction of sp³-hybridized carbons (Fsp3) is 0.844. The van der Waals surface area contributed by atoms with E-state index in [1.165, 1.54) is 25.7 Å². The van der Waals surface area contributed by atoms with Crippen LogP contribution in [0.25, 0.3) is 0 Å². The summed E-state index contributed by atoms with van der Waals surface area (Å²) < 4.78 is 21.6. The largest absolute Gasteiger partial charge is 0.440 e. The Morgan fingerprint density at radius 3 is 2.04 bits per heavy atom. The number of cyclic esters (lactones) is 1. The first-order valence-electron chi connectivity index (χ1n) is 21.8. The summed E-state index contributed by atoms with van der Waals surface area (Å²) in [6.07, 6.45) is 20.3. The second-order valence-electron chi connectivity index (χ2n) is 19.9. The van der Waals surface area contributed by atoms with E-state index in [4.69, 9.17) is 13.6 Å². The Hall–Kier alpha value is -1.20. The lowest BCUT2D eigenvalue weighted by atomic mass is 9.56. The van der Waals surface area contributed by atoms with E-state index in [1.54, 1.807) is 0 Å². The van der Waals surface area contributed by atoms with E-state index in [0.717, 1.165) is 70.9 Å². The Balaban J connectivity index is 1.96. The van der Waals surface area contributed by atoms with Crippen LogP contribution in [0.4, 0.5) is 4.79 Å². The molecule has 1 spiro atoms. The molecule has 4 fully saturated rings. The first-order chi connectivity index (χ1) is 24.9. The highest BCUT2D eigenvalue weighted by atomic mass is 28.4. The zero-order valence-electron chi connectivity index (χ0n) is 36.3. The number of ether oxygens (including phenoxy) is 1. The molecule has 0 saturated carbocycles. The van der Waals surface area contributed by atoms with Crippen LogP contribution >= 0.6 is 0 Å². The summed E-state index contributed by atoms with van der Waals surface area (Å²) in [7, 11) is -4.35. The number of carbonyl (C=O) groups is 1. The van der Waals surface area contributed by atoms with E-state index in [2.05, 4.69) is 123 Å². The van der Waals surface area contributed by atoms with Gasteiger partial charge in [0.25, 0.3) is 0 Å². The molecule has 4 heterocycles. The number of carbonyl (C=O) groups excluding carboxylic acids is 1. The van der Waals surface area contributed by atoms with Crippen molar-refractivity contribution >= 4 is 22.7 Å². The standard InChI is InChI=1S/C45H82N2O4Si2/c1-15-18-21-22-24-26-37-28-29-40-38-31-46-42(48)51-41(32-49-52(13,14)43(10,11)12)45(40,46)47(37)44(30-25-20-17-3,39(38)27-23-19-16-2)33-50-53(34(4)5,35(6)7)36(8)9/h15-17,34-41H,1-3,18-33H2,4-14H3/t37?,38-,39?,40-,41+,44-,45+/m0/s1. The summed E-state index contributed by atoms with van der Waals surface area (Å²) in [5.41, 5.74) is 0.751. The summed E-state index contributed by atoms with van der Waals surface area (Å²) in [5, 5.41) is 0.0684. The van der Waals surface area contributed by atoms with E-state index in [0.29, 0.717) is 47.0 Å². The molecule has 0 aromatic carbocycles. The van der Waals surface area contributed by atoms with Crippen LogP contribution in [-0.2, 0) is 13.6 Å². The maximum atomic E-state index is 14.4. The van der Waals surface area contributed by atoms with Crippen molar-refractivity contribution in [2.24, 2.45) is 17.8 Å². The molecule has 0 aliphatic carbocycles. The van der Waals surface area contributed by atoms with Crippen LogP contribution in [0.5, 0.6) is 0 Å². The van der Waals surface area contributed by atoms with Crippen molar-refractivity contribution in [2.75, 3.05) is 19.8 Å². The molecule has 1 amide bonds. The van der Waals surface area contributed by atoms with Crippen molar-refractivity contribution in [1.82, 2.24) is 9.80 Å². The molecule has 4 aliphatic heterocycles. The van der Waals surface area contributed by atoms with Crippen LogP contribution in [0.1, 0.15) is 146 Å². The van der Waals surface area contributed by atoms with Crippen LogP contribution in [0.2, 0.25) is 34.8 Å². The highest BCUT2D eigenvalue weighted by molar-refractivity contribution is 6.77. The average molecular weight is 771 g/mol. The molecule has 3 unspecified atom stereocenters. The molecule has 8 atom stereocenters. The maximum Gasteiger partial charge on any atom is 0.411 e.